The molecule has 5 rings (SSSR count). The summed E-state index contributed by atoms with van der Waals surface area (Å²) in [4.78, 5) is 28.0. The summed E-state index contributed by atoms with van der Waals surface area (Å²) in [6.45, 7) is 5.71. The van der Waals surface area contributed by atoms with Crippen molar-refractivity contribution >= 4 is 22.8 Å². The maximum absolute atomic E-state index is 15.1. The summed E-state index contributed by atoms with van der Waals surface area (Å²) in [7, 11) is 0. The Bertz CT molecular complexity index is 1360. The fraction of sp³-hybridized carbons (Fsp3) is 0.400. The summed E-state index contributed by atoms with van der Waals surface area (Å²) in [5.41, 5.74) is 7.65. The number of aryl methyl sites for hydroxylation is 1. The van der Waals surface area contributed by atoms with Gasteiger partial charge in [0.1, 0.15) is 16.5 Å². The molecule has 1 saturated heterocycles. The number of aliphatic imine (C=N–C) groups is 1. The Kier molecular flexibility index (Phi) is 5.74. The molecule has 8 nitrogen and oxygen atoms in total. The standard InChI is InChI=1S/C25H23FN6O2S/c1-15-9-17(12-27)14-29-19(15)4-3-16-10-18(21(26)30-13-16)24(2)20-11-25(20,35-23(28)31-24)22(33)32-5-7-34-8-6-32/h9-10,13-14,20H,5-8,11H2,1-2H3,(H2,28,31)/t20?,24-,25+/m1/s1. The highest BCUT2D eigenvalue weighted by atomic mass is 32.2. The molecule has 4 heterocycles. The maximum Gasteiger partial charge on any atom is 0.239 e. The number of pyridine rings is 2. The first kappa shape index (κ1) is 23.3. The lowest BCUT2D eigenvalue weighted by Gasteiger charge is -2.36. The van der Waals surface area contributed by atoms with Crippen LogP contribution >= 0.6 is 11.8 Å². The Hall–Kier alpha value is -3.47. The Labute approximate surface area is 206 Å². The van der Waals surface area contributed by atoms with E-state index < -0.39 is 16.2 Å². The minimum atomic E-state index is -1.05. The summed E-state index contributed by atoms with van der Waals surface area (Å²) < 4.78 is 19.7. The average Bonchev–Trinajstić information content (AvgIpc) is 3.60. The molecule has 3 aliphatic rings. The van der Waals surface area contributed by atoms with Crippen molar-refractivity contribution < 1.29 is 13.9 Å². The summed E-state index contributed by atoms with van der Waals surface area (Å²) in [6.07, 6.45) is 3.37. The van der Waals surface area contributed by atoms with Gasteiger partial charge in [-0.2, -0.15) is 9.65 Å². The molecule has 0 bridgehead atoms. The van der Waals surface area contributed by atoms with Crippen molar-refractivity contribution in [2.45, 2.75) is 30.6 Å². The Morgan fingerprint density at radius 1 is 1.26 bits per heavy atom. The van der Waals surface area contributed by atoms with Gasteiger partial charge in [-0.05, 0) is 43.9 Å². The fourth-order valence-corrected chi connectivity index (χ4v) is 6.30. The van der Waals surface area contributed by atoms with Gasteiger partial charge in [0.05, 0.1) is 24.3 Å². The number of ether oxygens (including phenoxy) is 1. The molecule has 2 N–H and O–H groups in total. The Morgan fingerprint density at radius 2 is 2.00 bits per heavy atom. The van der Waals surface area contributed by atoms with Crippen LogP contribution < -0.4 is 5.73 Å². The van der Waals surface area contributed by atoms with E-state index in [-0.39, 0.29) is 22.6 Å². The molecule has 0 radical (unpaired) electrons. The molecule has 2 fully saturated rings. The van der Waals surface area contributed by atoms with E-state index in [0.717, 1.165) is 5.56 Å². The van der Waals surface area contributed by atoms with Gasteiger partial charge in [-0.15, -0.1) is 0 Å². The van der Waals surface area contributed by atoms with Crippen LogP contribution in [0.15, 0.2) is 29.5 Å². The van der Waals surface area contributed by atoms with Crippen molar-refractivity contribution in [3.8, 4) is 17.9 Å². The number of amidine groups is 1. The van der Waals surface area contributed by atoms with Crippen LogP contribution in [0.1, 0.15) is 41.3 Å². The molecule has 0 spiro atoms. The second-order valence-corrected chi connectivity index (χ2v) is 10.4. The monoisotopic (exact) mass is 490 g/mol. The summed E-state index contributed by atoms with van der Waals surface area (Å²) in [6, 6.07) is 5.38. The van der Waals surface area contributed by atoms with Gasteiger partial charge in [0, 0.05) is 42.5 Å². The van der Waals surface area contributed by atoms with Gasteiger partial charge in [-0.3, -0.25) is 9.79 Å². The number of fused-ring (bicyclic) bond motifs is 1. The fourth-order valence-electron chi connectivity index (χ4n) is 4.86. The highest BCUT2D eigenvalue weighted by molar-refractivity contribution is 8.15. The van der Waals surface area contributed by atoms with Crippen molar-refractivity contribution in [1.29, 1.82) is 5.26 Å². The number of amides is 1. The Morgan fingerprint density at radius 3 is 2.71 bits per heavy atom. The number of hydrogen-bond donors (Lipinski definition) is 1. The van der Waals surface area contributed by atoms with Crippen molar-refractivity contribution in [2.24, 2.45) is 16.6 Å². The predicted molar refractivity (Wildman–Crippen MR) is 129 cm³/mol. The van der Waals surface area contributed by atoms with Crippen LogP contribution in [0, 0.1) is 42.0 Å². The second-order valence-electron chi connectivity index (χ2n) is 9.06. The summed E-state index contributed by atoms with van der Waals surface area (Å²) >= 11 is 1.28. The van der Waals surface area contributed by atoms with E-state index in [9.17, 15) is 4.79 Å². The molecule has 178 valence electrons. The van der Waals surface area contributed by atoms with Crippen LogP contribution in [0.3, 0.4) is 0 Å². The molecule has 1 amide bonds. The molecular weight excluding hydrogens is 467 g/mol. The number of thioether (sulfide) groups is 1. The molecule has 2 aliphatic heterocycles. The third-order valence-corrected chi connectivity index (χ3v) is 8.09. The number of hydrogen-bond acceptors (Lipinski definition) is 8. The molecule has 35 heavy (non-hydrogen) atoms. The largest absolute Gasteiger partial charge is 0.378 e. The van der Waals surface area contributed by atoms with Gasteiger partial charge in [-0.25, -0.2) is 9.97 Å². The summed E-state index contributed by atoms with van der Waals surface area (Å²) in [5, 5.41) is 9.28. The number of nitrogens with zero attached hydrogens (tertiary/aromatic N) is 5. The molecule has 10 heteroatoms. The van der Waals surface area contributed by atoms with Crippen LogP contribution in [0.4, 0.5) is 4.39 Å². The average molecular weight is 491 g/mol. The summed E-state index contributed by atoms with van der Waals surface area (Å²) in [5.74, 6) is 5.09. The number of morpholine rings is 1. The SMILES string of the molecule is Cc1cc(C#N)cnc1C#Cc1cnc(F)c([C@@]2(C)N=C(N)S[C@@]3(C(=O)N4CCOCC4)CC32)c1. The van der Waals surface area contributed by atoms with E-state index in [1.165, 1.54) is 24.2 Å². The lowest BCUT2D eigenvalue weighted by atomic mass is 9.86. The quantitative estimate of drug-likeness (QED) is 0.506. The van der Waals surface area contributed by atoms with Crippen LogP contribution in [0.5, 0.6) is 0 Å². The minimum Gasteiger partial charge on any atom is -0.378 e. The van der Waals surface area contributed by atoms with Gasteiger partial charge in [0.15, 0.2) is 5.17 Å². The first-order chi connectivity index (χ1) is 16.8. The number of nitrogens with two attached hydrogens (primary N) is 1. The number of nitriles is 1. The zero-order valence-electron chi connectivity index (χ0n) is 19.3. The highest BCUT2D eigenvalue weighted by Crippen LogP contribution is 2.66. The smallest absolute Gasteiger partial charge is 0.239 e. The predicted octanol–water partition coefficient (Wildman–Crippen LogP) is 2.09. The number of carbonyl (C=O) groups excluding carboxylic acids is 1. The van der Waals surface area contributed by atoms with Crippen molar-refractivity contribution in [3.05, 3.63) is 58.4 Å². The van der Waals surface area contributed by atoms with Gasteiger partial charge in [0.2, 0.25) is 11.9 Å². The van der Waals surface area contributed by atoms with E-state index in [1.54, 1.807) is 17.0 Å². The zero-order chi connectivity index (χ0) is 24.8. The van der Waals surface area contributed by atoms with Crippen molar-refractivity contribution in [1.82, 2.24) is 14.9 Å². The number of rotatable bonds is 2. The van der Waals surface area contributed by atoms with Gasteiger partial charge in [-0.1, -0.05) is 17.7 Å². The molecule has 1 saturated carbocycles. The van der Waals surface area contributed by atoms with E-state index in [0.29, 0.717) is 49.5 Å². The minimum absolute atomic E-state index is 0.00607. The second kappa shape index (κ2) is 8.63. The first-order valence-electron chi connectivity index (χ1n) is 11.2. The molecule has 2 aromatic heterocycles. The van der Waals surface area contributed by atoms with E-state index >= 15 is 4.39 Å². The normalized spacial score (nSPS) is 27.1. The molecule has 3 atom stereocenters. The number of aromatic nitrogens is 2. The van der Waals surface area contributed by atoms with E-state index in [4.69, 9.17) is 15.7 Å². The number of carbonyl (C=O) groups is 1. The van der Waals surface area contributed by atoms with Crippen LogP contribution in [-0.2, 0) is 15.1 Å². The van der Waals surface area contributed by atoms with Crippen molar-refractivity contribution in [3.63, 3.8) is 0 Å². The van der Waals surface area contributed by atoms with E-state index in [1.807, 2.05) is 19.9 Å². The van der Waals surface area contributed by atoms with Crippen LogP contribution in [0.25, 0.3) is 0 Å². The molecular formula is C25H23FN6O2S. The van der Waals surface area contributed by atoms with Crippen LogP contribution in [0.2, 0.25) is 0 Å². The van der Waals surface area contributed by atoms with Crippen LogP contribution in [-0.4, -0.2) is 57.0 Å². The molecule has 0 aromatic carbocycles. The number of halogens is 1. The van der Waals surface area contributed by atoms with Gasteiger partial charge >= 0.3 is 0 Å². The third-order valence-electron chi connectivity index (χ3n) is 6.80. The molecule has 2 aromatic rings. The van der Waals surface area contributed by atoms with E-state index in [2.05, 4.69) is 26.8 Å². The molecule has 1 unspecified atom stereocenters. The lowest BCUT2D eigenvalue weighted by Crippen LogP contribution is -2.49. The maximum atomic E-state index is 15.1. The van der Waals surface area contributed by atoms with Gasteiger partial charge < -0.3 is 15.4 Å². The third kappa shape index (κ3) is 4.03. The first-order valence-corrected chi connectivity index (χ1v) is 12.0. The van der Waals surface area contributed by atoms with Gasteiger partial charge in [0.25, 0.3) is 0 Å². The lowest BCUT2D eigenvalue weighted by molar-refractivity contribution is -0.135. The highest BCUT2D eigenvalue weighted by Gasteiger charge is 2.71. The molecule has 1 aliphatic carbocycles. The topological polar surface area (TPSA) is 117 Å². The van der Waals surface area contributed by atoms with Crippen molar-refractivity contribution in [2.75, 3.05) is 26.3 Å². The zero-order valence-corrected chi connectivity index (χ0v) is 20.2. The Balaban J connectivity index is 1.47.